The number of primary amides is 1. The molecule has 8 amide bonds. The smallest absolute Gasteiger partial charge is 0.326 e. The number of aliphatic carboxylic acids is 1. The van der Waals surface area contributed by atoms with Gasteiger partial charge in [0, 0.05) is 6.54 Å². The summed E-state index contributed by atoms with van der Waals surface area (Å²) in [5, 5.41) is 33.5. The Morgan fingerprint density at radius 2 is 1.29 bits per heavy atom. The third-order valence-corrected chi connectivity index (χ3v) is 7.95. The SMILES string of the molecule is CC(C)C[C@H](NC(=O)[C@H](C)NC(=O)[C@H](CC(N)=O)NC(=O)CN)C(=O)N1CCC[C@H]1C(=O)N[C@@H](CO)C(=O)N[C@@H](C)C(=O)N[C@H](C(=O)O)C(C)C. The van der Waals surface area contributed by atoms with Gasteiger partial charge in [0.25, 0.3) is 0 Å². The number of hydrogen-bond acceptors (Lipinski definition) is 11. The first-order valence-electron chi connectivity index (χ1n) is 16.7. The quantitative estimate of drug-likeness (QED) is 0.0568. The van der Waals surface area contributed by atoms with Gasteiger partial charge in [0.05, 0.1) is 19.6 Å². The molecule has 0 aliphatic carbocycles. The molecule has 1 aliphatic rings. The Morgan fingerprint density at radius 1 is 0.745 bits per heavy atom. The second kappa shape index (κ2) is 20.7. The highest BCUT2D eigenvalue weighted by Crippen LogP contribution is 2.21. The summed E-state index contributed by atoms with van der Waals surface area (Å²) in [6.45, 7) is 8.22. The molecule has 20 nitrogen and oxygen atoms in total. The first kappa shape index (κ1) is 44.2. The maximum Gasteiger partial charge on any atom is 0.326 e. The fourth-order valence-corrected chi connectivity index (χ4v) is 5.17. The molecule has 288 valence electrons. The van der Waals surface area contributed by atoms with Crippen LogP contribution in [-0.4, -0.2) is 130 Å². The lowest BCUT2D eigenvalue weighted by atomic mass is 10.0. The lowest BCUT2D eigenvalue weighted by Gasteiger charge is -2.31. The summed E-state index contributed by atoms with van der Waals surface area (Å²) in [5.74, 6) is -8.21. The summed E-state index contributed by atoms with van der Waals surface area (Å²) < 4.78 is 0. The molecule has 0 radical (unpaired) electrons. The first-order chi connectivity index (χ1) is 23.7. The lowest BCUT2D eigenvalue weighted by molar-refractivity contribution is -0.143. The van der Waals surface area contributed by atoms with Crippen LogP contribution < -0.4 is 43.4 Å². The summed E-state index contributed by atoms with van der Waals surface area (Å²) in [5.41, 5.74) is 10.4. The minimum Gasteiger partial charge on any atom is -0.480 e. The maximum absolute atomic E-state index is 13.8. The van der Waals surface area contributed by atoms with Crippen LogP contribution in [0.25, 0.3) is 0 Å². The molecule has 0 unspecified atom stereocenters. The molecule has 0 spiro atoms. The maximum atomic E-state index is 13.8. The van der Waals surface area contributed by atoms with E-state index < -0.39 is 121 Å². The molecule has 20 heteroatoms. The van der Waals surface area contributed by atoms with Gasteiger partial charge in [-0.1, -0.05) is 27.7 Å². The van der Waals surface area contributed by atoms with Crippen LogP contribution in [0.2, 0.25) is 0 Å². The Labute approximate surface area is 295 Å². The van der Waals surface area contributed by atoms with E-state index in [4.69, 9.17) is 11.5 Å². The van der Waals surface area contributed by atoms with E-state index in [2.05, 4.69) is 31.9 Å². The van der Waals surface area contributed by atoms with E-state index in [0.717, 1.165) is 0 Å². The number of carboxylic acid groups (broad SMARTS) is 1. The number of aliphatic hydroxyl groups excluding tert-OH is 1. The van der Waals surface area contributed by atoms with Gasteiger partial charge >= 0.3 is 5.97 Å². The summed E-state index contributed by atoms with van der Waals surface area (Å²) >= 11 is 0. The van der Waals surface area contributed by atoms with Crippen LogP contribution in [0, 0.1) is 11.8 Å². The summed E-state index contributed by atoms with van der Waals surface area (Å²) in [6.07, 6.45) is 0.195. The van der Waals surface area contributed by atoms with Crippen molar-refractivity contribution in [3.8, 4) is 0 Å². The van der Waals surface area contributed by atoms with Crippen LogP contribution in [0.15, 0.2) is 0 Å². The zero-order valence-corrected chi connectivity index (χ0v) is 29.8. The number of hydrogen-bond donors (Lipinski definition) is 10. The molecule has 0 aromatic heterocycles. The molecule has 0 aromatic rings. The highest BCUT2D eigenvalue weighted by Gasteiger charge is 2.40. The number of nitrogens with two attached hydrogens (primary N) is 2. The van der Waals surface area contributed by atoms with Crippen LogP contribution in [0.1, 0.15) is 67.2 Å². The lowest BCUT2D eigenvalue weighted by Crippen LogP contribution is -2.60. The number of carboxylic acids is 1. The van der Waals surface area contributed by atoms with Gasteiger partial charge in [0.15, 0.2) is 0 Å². The van der Waals surface area contributed by atoms with Crippen LogP contribution in [0.5, 0.6) is 0 Å². The Hall–Kier alpha value is -4.85. The number of amides is 8. The third kappa shape index (κ3) is 14.1. The van der Waals surface area contributed by atoms with Crippen molar-refractivity contribution in [2.75, 3.05) is 19.7 Å². The molecule has 0 bridgehead atoms. The van der Waals surface area contributed by atoms with Crippen LogP contribution in [0.3, 0.4) is 0 Å². The van der Waals surface area contributed by atoms with E-state index in [1.807, 2.05) is 0 Å². The standard InChI is InChI=1S/C31H53N9O11/c1-14(2)10-19(37-25(44)16(5)34-27(46)18(11-22(33)42)36-23(43)12-32)30(49)40-9-7-8-21(40)29(48)38-20(13-41)28(47)35-17(6)26(45)39-24(15(3)4)31(50)51/h14-21,24,41H,7-13,32H2,1-6H3,(H2,33,42)(H,34,46)(H,35,47)(H,36,43)(H,37,44)(H,38,48)(H,39,45)(H,50,51)/t16-,17-,18-,19-,20-,21-,24-/m0/s1. The fraction of sp³-hybridized carbons (Fsp3) is 0.710. The largest absolute Gasteiger partial charge is 0.480 e. The number of aliphatic hydroxyl groups is 1. The number of carbonyl (C=O) groups is 9. The Kier molecular flexibility index (Phi) is 18.0. The van der Waals surface area contributed by atoms with Gasteiger partial charge in [0.2, 0.25) is 47.3 Å². The van der Waals surface area contributed by atoms with Crippen molar-refractivity contribution < 1.29 is 53.4 Å². The van der Waals surface area contributed by atoms with Crippen molar-refractivity contribution in [3.05, 3.63) is 0 Å². The highest BCUT2D eigenvalue weighted by molar-refractivity contribution is 5.98. The van der Waals surface area contributed by atoms with E-state index in [9.17, 15) is 53.4 Å². The fourth-order valence-electron chi connectivity index (χ4n) is 5.17. The molecule has 1 heterocycles. The van der Waals surface area contributed by atoms with E-state index in [-0.39, 0.29) is 25.3 Å². The zero-order chi connectivity index (χ0) is 39.2. The molecule has 12 N–H and O–H groups in total. The molecule has 1 saturated heterocycles. The number of likely N-dealkylation sites (tertiary alicyclic amines) is 1. The van der Waals surface area contributed by atoms with Crippen molar-refractivity contribution in [1.82, 2.24) is 36.8 Å². The molecule has 51 heavy (non-hydrogen) atoms. The van der Waals surface area contributed by atoms with Gasteiger partial charge < -0.3 is 58.5 Å². The predicted octanol–water partition coefficient (Wildman–Crippen LogP) is -4.46. The molecular weight excluding hydrogens is 674 g/mol. The van der Waals surface area contributed by atoms with Gasteiger partial charge in [-0.15, -0.1) is 0 Å². The topological polar surface area (TPSA) is 322 Å². The van der Waals surface area contributed by atoms with Crippen molar-refractivity contribution >= 4 is 53.2 Å². The average Bonchev–Trinajstić information content (AvgIpc) is 3.54. The minimum atomic E-state index is -1.52. The van der Waals surface area contributed by atoms with Crippen molar-refractivity contribution in [2.24, 2.45) is 23.3 Å². The third-order valence-electron chi connectivity index (χ3n) is 7.95. The van der Waals surface area contributed by atoms with E-state index in [1.54, 1.807) is 27.7 Å². The summed E-state index contributed by atoms with van der Waals surface area (Å²) in [7, 11) is 0. The van der Waals surface area contributed by atoms with Crippen molar-refractivity contribution in [2.45, 2.75) is 110 Å². The van der Waals surface area contributed by atoms with E-state index in [1.165, 1.54) is 18.7 Å². The Bertz CT molecular complexity index is 1310. The molecule has 1 aliphatic heterocycles. The van der Waals surface area contributed by atoms with E-state index in [0.29, 0.717) is 6.42 Å². The number of carbonyl (C=O) groups excluding carboxylic acids is 8. The van der Waals surface area contributed by atoms with Crippen LogP contribution in [-0.2, 0) is 43.2 Å². The van der Waals surface area contributed by atoms with E-state index >= 15 is 0 Å². The molecule has 1 rings (SSSR count). The second-order valence-corrected chi connectivity index (χ2v) is 13.1. The monoisotopic (exact) mass is 727 g/mol. The summed E-state index contributed by atoms with van der Waals surface area (Å²) in [6, 6.07) is -8.80. The van der Waals surface area contributed by atoms with Gasteiger partial charge in [0.1, 0.15) is 42.3 Å². The van der Waals surface area contributed by atoms with Crippen molar-refractivity contribution in [3.63, 3.8) is 0 Å². The molecule has 0 saturated carbocycles. The Morgan fingerprint density at radius 3 is 1.76 bits per heavy atom. The van der Waals surface area contributed by atoms with Crippen LogP contribution in [0.4, 0.5) is 0 Å². The summed E-state index contributed by atoms with van der Waals surface area (Å²) in [4.78, 5) is 114. The van der Waals surface area contributed by atoms with Gasteiger partial charge in [-0.25, -0.2) is 4.79 Å². The second-order valence-electron chi connectivity index (χ2n) is 13.1. The van der Waals surface area contributed by atoms with Gasteiger partial charge in [-0.3, -0.25) is 38.4 Å². The van der Waals surface area contributed by atoms with Gasteiger partial charge in [-0.2, -0.15) is 0 Å². The Balaban J connectivity index is 3.00. The normalized spacial score (nSPS) is 17.6. The minimum absolute atomic E-state index is 0.113. The molecule has 7 atom stereocenters. The molecular formula is C31H53N9O11. The molecule has 1 fully saturated rings. The number of nitrogens with one attached hydrogen (secondary N) is 6. The molecule has 0 aromatic carbocycles. The van der Waals surface area contributed by atoms with Crippen LogP contribution >= 0.6 is 0 Å². The van der Waals surface area contributed by atoms with Gasteiger partial charge in [-0.05, 0) is 44.9 Å². The number of nitrogens with zero attached hydrogens (tertiary/aromatic N) is 1. The van der Waals surface area contributed by atoms with Crippen molar-refractivity contribution in [1.29, 1.82) is 0 Å². The first-order valence-corrected chi connectivity index (χ1v) is 16.7. The highest BCUT2D eigenvalue weighted by atomic mass is 16.4. The average molecular weight is 728 g/mol. The number of rotatable bonds is 20. The zero-order valence-electron chi connectivity index (χ0n) is 29.8. The predicted molar refractivity (Wildman–Crippen MR) is 180 cm³/mol.